The van der Waals surface area contributed by atoms with Gasteiger partial charge in [-0.25, -0.2) is 0 Å². The van der Waals surface area contributed by atoms with E-state index in [1.54, 1.807) is 0 Å². The molecule has 1 nitrogen and oxygen atoms in total. The van der Waals surface area contributed by atoms with Gasteiger partial charge in [0.05, 0.1) is 6.61 Å². The maximum absolute atomic E-state index is 6.23. The van der Waals surface area contributed by atoms with E-state index in [9.17, 15) is 0 Å². The Morgan fingerprint density at radius 1 is 1.10 bits per heavy atom. The molecule has 1 aromatic rings. The molecular weight excluding hydrogens is 312 g/mol. The van der Waals surface area contributed by atoms with Gasteiger partial charge in [0.15, 0.2) is 0 Å². The van der Waals surface area contributed by atoms with Crippen LogP contribution in [0.15, 0.2) is 18.2 Å². The van der Waals surface area contributed by atoms with Crippen LogP contribution in [-0.2, 0) is 5.41 Å². The molecule has 0 radical (unpaired) electrons. The van der Waals surface area contributed by atoms with E-state index in [2.05, 4.69) is 75.7 Å². The van der Waals surface area contributed by atoms with Gasteiger partial charge in [0, 0.05) is 10.7 Å². The highest BCUT2D eigenvalue weighted by molar-refractivity contribution is 9.09. The molecule has 0 saturated heterocycles. The van der Waals surface area contributed by atoms with Crippen LogP contribution in [0.1, 0.15) is 58.6 Å². The molecule has 0 spiro atoms. The van der Waals surface area contributed by atoms with E-state index in [1.165, 1.54) is 11.1 Å². The van der Waals surface area contributed by atoms with Gasteiger partial charge < -0.3 is 4.74 Å². The first-order valence-electron chi connectivity index (χ1n) is 7.58. The van der Waals surface area contributed by atoms with Crippen LogP contribution in [0.25, 0.3) is 0 Å². The summed E-state index contributed by atoms with van der Waals surface area (Å²) in [5.74, 6) is 1.04. The van der Waals surface area contributed by atoms with Crippen LogP contribution < -0.4 is 4.74 Å². The van der Waals surface area contributed by atoms with Crippen molar-refractivity contribution in [1.29, 1.82) is 0 Å². The summed E-state index contributed by atoms with van der Waals surface area (Å²) in [4.78, 5) is 0. The summed E-state index contributed by atoms with van der Waals surface area (Å²) in [6.07, 6.45) is 2.26. The second-order valence-electron chi connectivity index (χ2n) is 6.88. The van der Waals surface area contributed by atoms with Gasteiger partial charge in [-0.2, -0.15) is 0 Å². The number of aryl methyl sites for hydroxylation is 1. The highest BCUT2D eigenvalue weighted by atomic mass is 79.9. The predicted octanol–water partition coefficient (Wildman–Crippen LogP) is 5.87. The third-order valence-electron chi connectivity index (χ3n) is 4.26. The quantitative estimate of drug-likeness (QED) is 0.588. The average Bonchev–Trinajstić information content (AvgIpc) is 2.41. The van der Waals surface area contributed by atoms with Crippen molar-refractivity contribution in [2.45, 2.75) is 59.8 Å². The lowest BCUT2D eigenvalue weighted by Crippen LogP contribution is -2.29. The number of halogens is 1. The number of benzene rings is 1. The maximum atomic E-state index is 6.23. The predicted molar refractivity (Wildman–Crippen MR) is 92.2 cm³/mol. The average molecular weight is 341 g/mol. The lowest BCUT2D eigenvalue weighted by molar-refractivity contribution is 0.155. The minimum absolute atomic E-state index is 0.108. The molecule has 0 aromatic heterocycles. The Kier molecular flexibility index (Phi) is 6.12. The molecule has 1 rings (SSSR count). The van der Waals surface area contributed by atoms with Gasteiger partial charge in [0.2, 0.25) is 0 Å². The molecule has 0 N–H and O–H groups in total. The molecule has 114 valence electrons. The van der Waals surface area contributed by atoms with E-state index >= 15 is 0 Å². The summed E-state index contributed by atoms with van der Waals surface area (Å²) in [7, 11) is 0. The number of hydrogen-bond donors (Lipinski definition) is 0. The largest absolute Gasteiger partial charge is 0.493 e. The monoisotopic (exact) mass is 340 g/mol. The number of ether oxygens (including phenoxy) is 1. The first kappa shape index (κ1) is 17.6. The highest BCUT2D eigenvalue weighted by Gasteiger charge is 2.27. The maximum Gasteiger partial charge on any atom is 0.123 e. The Morgan fingerprint density at radius 2 is 1.70 bits per heavy atom. The molecule has 1 aromatic carbocycles. The topological polar surface area (TPSA) is 9.23 Å². The van der Waals surface area contributed by atoms with Crippen molar-refractivity contribution in [3.63, 3.8) is 0 Å². The zero-order chi connectivity index (χ0) is 15.4. The van der Waals surface area contributed by atoms with E-state index in [4.69, 9.17) is 4.74 Å². The van der Waals surface area contributed by atoms with Crippen molar-refractivity contribution in [2.24, 2.45) is 5.41 Å². The molecule has 0 heterocycles. The van der Waals surface area contributed by atoms with E-state index in [-0.39, 0.29) is 10.8 Å². The van der Waals surface area contributed by atoms with Crippen LogP contribution in [0.2, 0.25) is 0 Å². The zero-order valence-corrected chi connectivity index (χ0v) is 15.4. The van der Waals surface area contributed by atoms with Gasteiger partial charge in [0.1, 0.15) is 5.75 Å². The van der Waals surface area contributed by atoms with Crippen LogP contribution in [0.4, 0.5) is 0 Å². The van der Waals surface area contributed by atoms with Gasteiger partial charge in [-0.05, 0) is 36.8 Å². The lowest BCUT2D eigenvalue weighted by Gasteiger charge is -2.31. The second kappa shape index (κ2) is 6.98. The third kappa shape index (κ3) is 4.25. The fraction of sp³-hybridized carbons (Fsp3) is 0.667. The van der Waals surface area contributed by atoms with Crippen LogP contribution in [-0.4, -0.2) is 11.9 Å². The normalized spacial score (nSPS) is 12.6. The fourth-order valence-corrected chi connectivity index (χ4v) is 3.22. The summed E-state index contributed by atoms with van der Waals surface area (Å²) in [6, 6.07) is 6.52. The molecule has 0 aliphatic heterocycles. The molecule has 0 aliphatic carbocycles. The Morgan fingerprint density at radius 3 is 2.15 bits per heavy atom. The van der Waals surface area contributed by atoms with Crippen LogP contribution in [0.5, 0.6) is 5.75 Å². The zero-order valence-electron chi connectivity index (χ0n) is 13.8. The summed E-state index contributed by atoms with van der Waals surface area (Å²) in [6.45, 7) is 14.1. The summed E-state index contributed by atoms with van der Waals surface area (Å²) >= 11 is 3.66. The smallest absolute Gasteiger partial charge is 0.123 e. The minimum atomic E-state index is 0.108. The van der Waals surface area contributed by atoms with Gasteiger partial charge in [-0.1, -0.05) is 68.2 Å². The van der Waals surface area contributed by atoms with Crippen molar-refractivity contribution in [3.05, 3.63) is 29.3 Å². The molecule has 0 amide bonds. The third-order valence-corrected chi connectivity index (χ3v) is 5.45. The van der Waals surface area contributed by atoms with Gasteiger partial charge in [-0.3, -0.25) is 0 Å². The van der Waals surface area contributed by atoms with Crippen molar-refractivity contribution in [3.8, 4) is 5.75 Å². The van der Waals surface area contributed by atoms with E-state index in [0.717, 1.165) is 30.5 Å². The second-order valence-corrected chi connectivity index (χ2v) is 7.44. The Labute approximate surface area is 133 Å². The molecule has 0 atom stereocenters. The van der Waals surface area contributed by atoms with Crippen LogP contribution in [0, 0.1) is 12.3 Å². The van der Waals surface area contributed by atoms with Crippen molar-refractivity contribution >= 4 is 15.9 Å². The first-order valence-corrected chi connectivity index (χ1v) is 8.70. The molecule has 0 saturated carbocycles. The van der Waals surface area contributed by atoms with Gasteiger partial charge in [0.25, 0.3) is 0 Å². The Bertz CT molecular complexity index is 419. The number of hydrogen-bond acceptors (Lipinski definition) is 1. The lowest BCUT2D eigenvalue weighted by atomic mass is 9.84. The van der Waals surface area contributed by atoms with Crippen LogP contribution in [0.3, 0.4) is 0 Å². The molecule has 20 heavy (non-hydrogen) atoms. The van der Waals surface area contributed by atoms with Crippen molar-refractivity contribution < 1.29 is 4.74 Å². The van der Waals surface area contributed by atoms with Crippen molar-refractivity contribution in [2.75, 3.05) is 11.9 Å². The molecule has 0 unspecified atom stereocenters. The molecular formula is C18H29BrO. The Hall–Kier alpha value is -0.500. The SMILES string of the molecule is CCC(CC)(CBr)COc1ccc(C)cc1C(C)(C)C. The molecule has 0 aliphatic rings. The molecule has 0 fully saturated rings. The highest BCUT2D eigenvalue weighted by Crippen LogP contribution is 2.35. The number of rotatable bonds is 6. The minimum Gasteiger partial charge on any atom is -0.493 e. The fourth-order valence-electron chi connectivity index (χ4n) is 2.27. The number of alkyl halides is 1. The van der Waals surface area contributed by atoms with E-state index < -0.39 is 0 Å². The summed E-state index contributed by atoms with van der Waals surface area (Å²) in [5, 5.41) is 0.990. The van der Waals surface area contributed by atoms with Gasteiger partial charge in [-0.15, -0.1) is 0 Å². The summed E-state index contributed by atoms with van der Waals surface area (Å²) < 4.78 is 6.23. The van der Waals surface area contributed by atoms with E-state index in [0.29, 0.717) is 0 Å². The summed E-state index contributed by atoms with van der Waals surface area (Å²) in [5.41, 5.74) is 2.94. The van der Waals surface area contributed by atoms with E-state index in [1.807, 2.05) is 0 Å². The standard InChI is InChI=1S/C18H29BrO/c1-7-18(8-2,12-19)13-20-16-10-9-14(3)11-15(16)17(4,5)6/h9-11H,7-8,12-13H2,1-6H3. The van der Waals surface area contributed by atoms with Gasteiger partial charge >= 0.3 is 0 Å². The molecule has 0 bridgehead atoms. The van der Waals surface area contributed by atoms with Crippen LogP contribution >= 0.6 is 15.9 Å². The Balaban J connectivity index is 2.98. The first-order chi connectivity index (χ1) is 9.28. The molecule has 2 heteroatoms. The van der Waals surface area contributed by atoms with Crippen molar-refractivity contribution in [1.82, 2.24) is 0 Å².